The fourth-order valence-corrected chi connectivity index (χ4v) is 3.00. The highest BCUT2D eigenvalue weighted by molar-refractivity contribution is 14.1. The maximum atomic E-state index is 12.1. The average Bonchev–Trinajstić information content (AvgIpc) is 2.75. The molecule has 98 valence electrons. The van der Waals surface area contributed by atoms with Crippen LogP contribution in [0.3, 0.4) is 0 Å². The minimum absolute atomic E-state index is 0.0396. The fraction of sp³-hybridized carbons (Fsp3) is 0.500. The van der Waals surface area contributed by atoms with Crippen LogP contribution >= 0.6 is 22.6 Å². The van der Waals surface area contributed by atoms with Crippen molar-refractivity contribution in [3.63, 3.8) is 0 Å². The van der Waals surface area contributed by atoms with E-state index in [4.69, 9.17) is 0 Å². The fourth-order valence-electron chi connectivity index (χ4n) is 2.40. The zero-order valence-electron chi connectivity index (χ0n) is 10.4. The number of hydrogen-bond donors (Lipinski definition) is 2. The van der Waals surface area contributed by atoms with Gasteiger partial charge in [-0.15, -0.1) is 0 Å². The molecule has 1 aromatic rings. The lowest BCUT2D eigenvalue weighted by Gasteiger charge is -2.15. The quantitative estimate of drug-likeness (QED) is 0.815. The summed E-state index contributed by atoms with van der Waals surface area (Å²) >= 11 is 2.20. The second-order valence-corrected chi connectivity index (χ2v) is 5.98. The smallest absolute Gasteiger partial charge is 0.252 e. The minimum atomic E-state index is -0.248. The van der Waals surface area contributed by atoms with Crippen molar-refractivity contribution >= 4 is 28.5 Å². The van der Waals surface area contributed by atoms with Gasteiger partial charge in [0.25, 0.3) is 5.91 Å². The molecule has 0 aliphatic heterocycles. The normalized spacial score (nSPS) is 23.1. The highest BCUT2D eigenvalue weighted by Gasteiger charge is 2.25. The predicted molar refractivity (Wildman–Crippen MR) is 79.6 cm³/mol. The van der Waals surface area contributed by atoms with Crippen molar-refractivity contribution in [1.29, 1.82) is 0 Å². The summed E-state index contributed by atoms with van der Waals surface area (Å²) in [6.07, 6.45) is 2.68. The molecule has 0 radical (unpaired) electrons. The van der Waals surface area contributed by atoms with E-state index in [-0.39, 0.29) is 17.9 Å². The van der Waals surface area contributed by atoms with Crippen LogP contribution in [0.5, 0.6) is 0 Å². The molecule has 1 fully saturated rings. The van der Waals surface area contributed by atoms with Crippen LogP contribution in [0, 0.1) is 16.4 Å². The lowest BCUT2D eigenvalue weighted by Crippen LogP contribution is -2.32. The maximum absolute atomic E-state index is 12.1. The topological polar surface area (TPSA) is 49.3 Å². The van der Waals surface area contributed by atoms with Crippen LogP contribution in [0.4, 0.5) is 0 Å². The van der Waals surface area contributed by atoms with Crippen molar-refractivity contribution in [2.45, 2.75) is 32.3 Å². The Morgan fingerprint density at radius 2 is 2.28 bits per heavy atom. The van der Waals surface area contributed by atoms with Crippen LogP contribution in [-0.2, 0) is 0 Å². The number of carbonyl (C=O) groups excluding carboxylic acids is 1. The number of aliphatic hydroxyl groups is 1. The molecule has 18 heavy (non-hydrogen) atoms. The SMILES string of the molecule is Cc1cccc(C(=O)NCC2CCCC2O)c1I. The van der Waals surface area contributed by atoms with E-state index in [0.29, 0.717) is 6.54 Å². The first-order valence-corrected chi connectivity index (χ1v) is 7.39. The van der Waals surface area contributed by atoms with Crippen molar-refractivity contribution in [3.8, 4) is 0 Å². The van der Waals surface area contributed by atoms with Crippen LogP contribution < -0.4 is 5.32 Å². The third-order valence-electron chi connectivity index (χ3n) is 3.58. The van der Waals surface area contributed by atoms with Gasteiger partial charge in [0.1, 0.15) is 0 Å². The molecule has 0 bridgehead atoms. The van der Waals surface area contributed by atoms with Gasteiger partial charge in [-0.3, -0.25) is 4.79 Å². The van der Waals surface area contributed by atoms with Crippen molar-refractivity contribution in [2.24, 2.45) is 5.92 Å². The molecule has 0 spiro atoms. The summed E-state index contributed by atoms with van der Waals surface area (Å²) in [7, 11) is 0. The average molecular weight is 359 g/mol. The lowest BCUT2D eigenvalue weighted by molar-refractivity contribution is 0.0916. The van der Waals surface area contributed by atoms with E-state index in [0.717, 1.165) is 34.0 Å². The number of amides is 1. The lowest BCUT2D eigenvalue weighted by atomic mass is 10.1. The standard InChI is InChI=1S/C14H18INO2/c1-9-4-2-6-11(13(9)15)14(18)16-8-10-5-3-7-12(10)17/h2,4,6,10,12,17H,3,5,7-8H2,1H3,(H,16,18). The van der Waals surface area contributed by atoms with Gasteiger partial charge in [-0.2, -0.15) is 0 Å². The van der Waals surface area contributed by atoms with Crippen LogP contribution in [0.25, 0.3) is 0 Å². The van der Waals surface area contributed by atoms with E-state index in [1.54, 1.807) is 0 Å². The van der Waals surface area contributed by atoms with Gasteiger partial charge in [-0.05, 0) is 54.0 Å². The van der Waals surface area contributed by atoms with E-state index in [2.05, 4.69) is 27.9 Å². The van der Waals surface area contributed by atoms with Gasteiger partial charge in [0.2, 0.25) is 0 Å². The van der Waals surface area contributed by atoms with Gasteiger partial charge in [0.15, 0.2) is 0 Å². The Morgan fingerprint density at radius 1 is 1.50 bits per heavy atom. The van der Waals surface area contributed by atoms with Gasteiger partial charge < -0.3 is 10.4 Å². The first kappa shape index (κ1) is 13.8. The maximum Gasteiger partial charge on any atom is 0.252 e. The van der Waals surface area contributed by atoms with E-state index in [9.17, 15) is 9.90 Å². The second-order valence-electron chi connectivity index (χ2n) is 4.90. The predicted octanol–water partition coefficient (Wildman–Crippen LogP) is 2.49. The van der Waals surface area contributed by atoms with Gasteiger partial charge in [0.05, 0.1) is 11.7 Å². The molecule has 0 heterocycles. The molecule has 1 aromatic carbocycles. The summed E-state index contributed by atoms with van der Waals surface area (Å²) in [6.45, 7) is 2.57. The first-order chi connectivity index (χ1) is 8.59. The van der Waals surface area contributed by atoms with E-state index >= 15 is 0 Å². The molecule has 1 saturated carbocycles. The summed E-state index contributed by atoms with van der Waals surface area (Å²) in [6, 6.07) is 5.74. The number of aliphatic hydroxyl groups excluding tert-OH is 1. The Balaban J connectivity index is 1.97. The number of benzene rings is 1. The summed E-state index contributed by atoms with van der Waals surface area (Å²) in [5.74, 6) is 0.179. The Hall–Kier alpha value is -0.620. The zero-order valence-corrected chi connectivity index (χ0v) is 12.6. The number of nitrogens with one attached hydrogen (secondary N) is 1. The molecule has 1 aliphatic rings. The monoisotopic (exact) mass is 359 g/mol. The summed E-state index contributed by atoms with van der Waals surface area (Å²) in [5.41, 5.74) is 1.84. The van der Waals surface area contributed by atoms with Crippen LogP contribution in [0.1, 0.15) is 35.2 Å². The van der Waals surface area contributed by atoms with Gasteiger partial charge in [0, 0.05) is 16.0 Å². The van der Waals surface area contributed by atoms with Gasteiger partial charge in [-0.1, -0.05) is 18.6 Å². The molecule has 2 N–H and O–H groups in total. The van der Waals surface area contributed by atoms with Crippen molar-refractivity contribution < 1.29 is 9.90 Å². The summed E-state index contributed by atoms with van der Waals surface area (Å²) in [4.78, 5) is 12.1. The first-order valence-electron chi connectivity index (χ1n) is 6.31. The number of aryl methyl sites for hydroxylation is 1. The molecule has 4 heteroatoms. The molecule has 1 aliphatic carbocycles. The highest BCUT2D eigenvalue weighted by atomic mass is 127. The van der Waals surface area contributed by atoms with Crippen LogP contribution in [-0.4, -0.2) is 23.7 Å². The Labute approximate surface area is 121 Å². The second kappa shape index (κ2) is 6.02. The Bertz CT molecular complexity index is 447. The van der Waals surface area contributed by atoms with Crippen molar-refractivity contribution in [3.05, 3.63) is 32.9 Å². The molecular weight excluding hydrogens is 341 g/mol. The third kappa shape index (κ3) is 3.03. The number of carbonyl (C=O) groups is 1. The molecule has 3 nitrogen and oxygen atoms in total. The van der Waals surface area contributed by atoms with E-state index in [1.807, 2.05) is 25.1 Å². The van der Waals surface area contributed by atoms with Crippen LogP contribution in [0.2, 0.25) is 0 Å². The largest absolute Gasteiger partial charge is 0.393 e. The van der Waals surface area contributed by atoms with E-state index in [1.165, 1.54) is 0 Å². The summed E-state index contributed by atoms with van der Waals surface area (Å²) in [5, 5.41) is 12.7. The molecule has 2 unspecified atom stereocenters. The van der Waals surface area contributed by atoms with Gasteiger partial charge >= 0.3 is 0 Å². The highest BCUT2D eigenvalue weighted by Crippen LogP contribution is 2.25. The Morgan fingerprint density at radius 3 is 2.94 bits per heavy atom. The Kier molecular flexibility index (Phi) is 4.61. The van der Waals surface area contributed by atoms with E-state index < -0.39 is 0 Å². The van der Waals surface area contributed by atoms with Crippen molar-refractivity contribution in [1.82, 2.24) is 5.32 Å². The number of halogens is 1. The number of hydrogen-bond acceptors (Lipinski definition) is 2. The summed E-state index contributed by atoms with van der Waals surface area (Å²) < 4.78 is 1.000. The zero-order chi connectivity index (χ0) is 13.1. The minimum Gasteiger partial charge on any atom is -0.393 e. The van der Waals surface area contributed by atoms with Gasteiger partial charge in [-0.25, -0.2) is 0 Å². The molecular formula is C14H18INO2. The molecule has 1 amide bonds. The third-order valence-corrected chi connectivity index (χ3v) is 5.01. The molecule has 0 aromatic heterocycles. The van der Waals surface area contributed by atoms with Crippen LogP contribution in [0.15, 0.2) is 18.2 Å². The molecule has 0 saturated heterocycles. The molecule has 2 rings (SSSR count). The number of rotatable bonds is 3. The molecule has 2 atom stereocenters. The van der Waals surface area contributed by atoms with Crippen molar-refractivity contribution in [2.75, 3.05) is 6.54 Å².